The van der Waals surface area contributed by atoms with Crippen molar-refractivity contribution in [3.8, 4) is 0 Å². The van der Waals surface area contributed by atoms with Crippen LogP contribution >= 0.6 is 0 Å². The number of nitrogens with one attached hydrogen (secondary N) is 1. The van der Waals surface area contributed by atoms with Gasteiger partial charge in [0.1, 0.15) is 0 Å². The minimum atomic E-state index is -0.286. The Kier molecular flexibility index (Phi) is 5.71. The molecule has 0 bridgehead atoms. The van der Waals surface area contributed by atoms with Crippen LogP contribution in [-0.2, 0) is 4.79 Å². The average molecular weight is 187 g/mol. The Hall–Kier alpha value is -0.570. The zero-order valence-corrected chi connectivity index (χ0v) is 8.89. The van der Waals surface area contributed by atoms with E-state index in [1.165, 1.54) is 6.92 Å². The van der Waals surface area contributed by atoms with E-state index in [9.17, 15) is 4.79 Å². The molecule has 13 heavy (non-hydrogen) atoms. The van der Waals surface area contributed by atoms with E-state index in [-0.39, 0.29) is 18.1 Å². The lowest BCUT2D eigenvalue weighted by Gasteiger charge is -2.26. The predicted molar refractivity (Wildman–Crippen MR) is 53.4 cm³/mol. The highest BCUT2D eigenvalue weighted by molar-refractivity contribution is 5.73. The minimum Gasteiger partial charge on any atom is -0.394 e. The molecule has 0 unspecified atom stereocenters. The second-order valence-electron chi connectivity index (χ2n) is 3.33. The number of hydrogen-bond donors (Lipinski definition) is 2. The van der Waals surface area contributed by atoms with Crippen molar-refractivity contribution in [1.82, 2.24) is 5.32 Å². The minimum absolute atomic E-state index is 0.0408. The predicted octanol–water partition coefficient (Wildman–Crippen LogP) is 1.45. The highest BCUT2D eigenvalue weighted by Gasteiger charge is 2.33. The number of aliphatic hydroxyl groups is 1. The maximum absolute atomic E-state index is 10.7. The van der Waals surface area contributed by atoms with Gasteiger partial charge in [0.2, 0.25) is 5.91 Å². The van der Waals surface area contributed by atoms with Crippen molar-refractivity contribution in [3.05, 3.63) is 0 Å². The lowest BCUT2D eigenvalue weighted by atomic mass is 9.99. The van der Waals surface area contributed by atoms with Gasteiger partial charge in [-0.05, 0) is 12.8 Å². The van der Waals surface area contributed by atoms with Crippen LogP contribution in [0.4, 0.5) is 0 Å². The van der Waals surface area contributed by atoms with Gasteiger partial charge in [-0.15, -0.1) is 0 Å². The molecule has 1 saturated carbocycles. The fourth-order valence-electron chi connectivity index (χ4n) is 1.75. The number of carbonyl (C=O) groups is 1. The number of carbonyl (C=O) groups excluding carboxylic acids is 1. The van der Waals surface area contributed by atoms with Crippen LogP contribution in [0.15, 0.2) is 0 Å². The third kappa shape index (κ3) is 3.77. The van der Waals surface area contributed by atoms with Crippen LogP contribution < -0.4 is 5.32 Å². The fraction of sp³-hybridized carbons (Fsp3) is 0.900. The first-order valence-electron chi connectivity index (χ1n) is 5.08. The molecule has 0 aliphatic heterocycles. The zero-order chi connectivity index (χ0) is 10.3. The molecule has 0 spiro atoms. The van der Waals surface area contributed by atoms with E-state index in [1.807, 2.05) is 13.8 Å². The van der Waals surface area contributed by atoms with Crippen molar-refractivity contribution in [2.45, 2.75) is 52.0 Å². The first-order valence-corrected chi connectivity index (χ1v) is 5.08. The van der Waals surface area contributed by atoms with Crippen molar-refractivity contribution in [2.24, 2.45) is 0 Å². The second-order valence-corrected chi connectivity index (χ2v) is 3.33. The third-order valence-electron chi connectivity index (χ3n) is 2.30. The molecule has 0 aromatic carbocycles. The zero-order valence-electron chi connectivity index (χ0n) is 8.89. The summed E-state index contributed by atoms with van der Waals surface area (Å²) in [4.78, 5) is 10.7. The highest BCUT2D eigenvalue weighted by atomic mass is 16.3. The summed E-state index contributed by atoms with van der Waals surface area (Å²) in [6, 6.07) is 0. The fourth-order valence-corrected chi connectivity index (χ4v) is 1.75. The Bertz CT molecular complexity index is 151. The highest BCUT2D eigenvalue weighted by Crippen LogP contribution is 2.28. The van der Waals surface area contributed by atoms with Gasteiger partial charge >= 0.3 is 0 Å². The quantitative estimate of drug-likeness (QED) is 0.687. The summed E-state index contributed by atoms with van der Waals surface area (Å²) in [7, 11) is 0. The van der Waals surface area contributed by atoms with E-state index in [4.69, 9.17) is 5.11 Å². The van der Waals surface area contributed by atoms with Gasteiger partial charge in [0.15, 0.2) is 0 Å². The van der Waals surface area contributed by atoms with Gasteiger partial charge in [-0.25, -0.2) is 0 Å². The summed E-state index contributed by atoms with van der Waals surface area (Å²) < 4.78 is 0. The van der Waals surface area contributed by atoms with Crippen LogP contribution in [0.25, 0.3) is 0 Å². The molecule has 0 aromatic rings. The number of amides is 1. The molecule has 1 rings (SSSR count). The molecule has 1 amide bonds. The summed E-state index contributed by atoms with van der Waals surface area (Å²) in [6.07, 6.45) is 4.06. The SMILES string of the molecule is CC.CC(=O)NC1(CO)CCCC1. The van der Waals surface area contributed by atoms with Gasteiger partial charge in [0, 0.05) is 6.92 Å². The van der Waals surface area contributed by atoms with Crippen molar-refractivity contribution >= 4 is 5.91 Å². The lowest BCUT2D eigenvalue weighted by molar-refractivity contribution is -0.121. The van der Waals surface area contributed by atoms with Crippen molar-refractivity contribution in [2.75, 3.05) is 6.61 Å². The first kappa shape index (κ1) is 12.4. The van der Waals surface area contributed by atoms with Gasteiger partial charge in [-0.2, -0.15) is 0 Å². The van der Waals surface area contributed by atoms with Gasteiger partial charge in [0.25, 0.3) is 0 Å². The van der Waals surface area contributed by atoms with Crippen molar-refractivity contribution < 1.29 is 9.90 Å². The summed E-state index contributed by atoms with van der Waals surface area (Å²) in [5.41, 5.74) is -0.286. The molecule has 3 heteroatoms. The number of hydrogen-bond acceptors (Lipinski definition) is 2. The summed E-state index contributed by atoms with van der Waals surface area (Å²) in [5, 5.41) is 11.9. The van der Waals surface area contributed by atoms with E-state index in [0.29, 0.717) is 0 Å². The Morgan fingerprint density at radius 2 is 1.85 bits per heavy atom. The van der Waals surface area contributed by atoms with Crippen LogP contribution in [0.5, 0.6) is 0 Å². The van der Waals surface area contributed by atoms with Gasteiger partial charge in [-0.3, -0.25) is 4.79 Å². The lowest BCUT2D eigenvalue weighted by Crippen LogP contribution is -2.48. The van der Waals surface area contributed by atoms with E-state index in [1.54, 1.807) is 0 Å². The molecular weight excluding hydrogens is 166 g/mol. The van der Waals surface area contributed by atoms with E-state index < -0.39 is 0 Å². The smallest absolute Gasteiger partial charge is 0.217 e. The summed E-state index contributed by atoms with van der Waals surface area (Å²) in [5.74, 6) is -0.0408. The topological polar surface area (TPSA) is 49.3 Å². The first-order chi connectivity index (χ1) is 6.18. The standard InChI is InChI=1S/C8H15NO2.C2H6/c1-7(11)9-8(6-10)4-2-3-5-8;1-2/h10H,2-6H2,1H3,(H,9,11);1-2H3. The van der Waals surface area contributed by atoms with Gasteiger partial charge < -0.3 is 10.4 Å². The Balaban J connectivity index is 0.000000671. The molecule has 0 atom stereocenters. The van der Waals surface area contributed by atoms with Crippen LogP contribution in [0.2, 0.25) is 0 Å². The number of rotatable bonds is 2. The molecule has 1 aliphatic carbocycles. The number of aliphatic hydroxyl groups excluding tert-OH is 1. The molecule has 0 saturated heterocycles. The van der Waals surface area contributed by atoms with Crippen LogP contribution in [0, 0.1) is 0 Å². The summed E-state index contributed by atoms with van der Waals surface area (Å²) in [6.45, 7) is 5.57. The Morgan fingerprint density at radius 1 is 1.38 bits per heavy atom. The molecule has 78 valence electrons. The molecular formula is C10H21NO2. The van der Waals surface area contributed by atoms with Crippen molar-refractivity contribution in [1.29, 1.82) is 0 Å². The molecule has 1 aliphatic rings. The molecule has 3 nitrogen and oxygen atoms in total. The maximum Gasteiger partial charge on any atom is 0.217 e. The monoisotopic (exact) mass is 187 g/mol. The van der Waals surface area contributed by atoms with Crippen LogP contribution in [-0.4, -0.2) is 23.2 Å². The Labute approximate surface area is 80.5 Å². The molecule has 2 N–H and O–H groups in total. The largest absolute Gasteiger partial charge is 0.394 e. The van der Waals surface area contributed by atoms with Crippen LogP contribution in [0.3, 0.4) is 0 Å². The van der Waals surface area contributed by atoms with E-state index >= 15 is 0 Å². The second kappa shape index (κ2) is 5.97. The Morgan fingerprint density at radius 3 is 2.15 bits per heavy atom. The summed E-state index contributed by atoms with van der Waals surface area (Å²) >= 11 is 0. The van der Waals surface area contributed by atoms with Gasteiger partial charge in [0.05, 0.1) is 12.1 Å². The average Bonchev–Trinajstić information content (AvgIpc) is 2.56. The molecule has 1 fully saturated rings. The normalized spacial score (nSPS) is 18.8. The van der Waals surface area contributed by atoms with Gasteiger partial charge in [-0.1, -0.05) is 26.7 Å². The maximum atomic E-state index is 10.7. The van der Waals surface area contributed by atoms with Crippen LogP contribution in [0.1, 0.15) is 46.5 Å². The molecule has 0 heterocycles. The van der Waals surface area contributed by atoms with E-state index in [0.717, 1.165) is 25.7 Å². The molecule has 0 radical (unpaired) electrons. The molecule has 0 aromatic heterocycles. The van der Waals surface area contributed by atoms with Crippen molar-refractivity contribution in [3.63, 3.8) is 0 Å². The van der Waals surface area contributed by atoms with E-state index in [2.05, 4.69) is 5.32 Å². The third-order valence-corrected chi connectivity index (χ3v) is 2.30.